The molecule has 0 aliphatic carbocycles. The van der Waals surface area contributed by atoms with E-state index >= 15 is 0 Å². The van der Waals surface area contributed by atoms with Gasteiger partial charge in [-0.15, -0.1) is 0 Å². The molecule has 0 atom stereocenters. The maximum atomic E-state index is 12.6. The number of ketones is 1. The van der Waals surface area contributed by atoms with E-state index in [1.165, 1.54) is 18.2 Å². The Morgan fingerprint density at radius 3 is 2.68 bits per heavy atom. The third kappa shape index (κ3) is 3.62. The van der Waals surface area contributed by atoms with E-state index in [1.54, 1.807) is 24.3 Å². The molecule has 2 aromatic rings. The average molecular weight is 315 g/mol. The first-order valence-corrected chi connectivity index (χ1v) is 6.64. The topological polar surface area (TPSA) is 93.2 Å². The normalized spacial score (nSPS) is 9.82. The summed E-state index contributed by atoms with van der Waals surface area (Å²) in [5, 5.41) is 9.25. The number of primary amides is 1. The number of halogens is 1. The van der Waals surface area contributed by atoms with Crippen molar-refractivity contribution in [2.24, 2.45) is 5.73 Å². The third-order valence-electron chi connectivity index (χ3n) is 2.81. The molecule has 0 fully saturated rings. The second-order valence-electron chi connectivity index (χ2n) is 4.42. The molecule has 0 aliphatic heterocycles. The minimum atomic E-state index is -0.653. The van der Waals surface area contributed by atoms with Crippen LogP contribution in [0.5, 0.6) is 5.75 Å². The lowest BCUT2D eigenvalue weighted by Crippen LogP contribution is -2.21. The lowest BCUT2D eigenvalue weighted by molar-refractivity contribution is -0.119. The Morgan fingerprint density at radius 1 is 1.23 bits per heavy atom. The van der Waals surface area contributed by atoms with Crippen LogP contribution < -0.4 is 10.5 Å². The number of carbonyl (C=O) groups is 2. The van der Waals surface area contributed by atoms with Crippen LogP contribution in [0.15, 0.2) is 42.5 Å². The van der Waals surface area contributed by atoms with Gasteiger partial charge >= 0.3 is 0 Å². The molecule has 1 amide bonds. The van der Waals surface area contributed by atoms with Gasteiger partial charge < -0.3 is 10.5 Å². The van der Waals surface area contributed by atoms with Crippen molar-refractivity contribution in [1.29, 1.82) is 5.26 Å². The fourth-order valence-electron chi connectivity index (χ4n) is 1.84. The summed E-state index contributed by atoms with van der Waals surface area (Å²) in [6.07, 6.45) is 0. The van der Waals surface area contributed by atoms with Gasteiger partial charge in [-0.1, -0.05) is 23.7 Å². The van der Waals surface area contributed by atoms with Crippen LogP contribution in [-0.2, 0) is 4.79 Å². The van der Waals surface area contributed by atoms with Crippen molar-refractivity contribution in [3.63, 3.8) is 0 Å². The predicted molar refractivity (Wildman–Crippen MR) is 80.7 cm³/mol. The molecule has 0 saturated heterocycles. The van der Waals surface area contributed by atoms with Gasteiger partial charge in [-0.25, -0.2) is 0 Å². The van der Waals surface area contributed by atoms with Crippen molar-refractivity contribution in [2.75, 3.05) is 6.61 Å². The molecule has 22 heavy (non-hydrogen) atoms. The van der Waals surface area contributed by atoms with Crippen LogP contribution in [0.2, 0.25) is 5.02 Å². The molecule has 6 heteroatoms. The van der Waals surface area contributed by atoms with Crippen LogP contribution in [0.3, 0.4) is 0 Å². The van der Waals surface area contributed by atoms with Crippen molar-refractivity contribution in [3.05, 3.63) is 64.2 Å². The summed E-state index contributed by atoms with van der Waals surface area (Å²) in [7, 11) is 0. The van der Waals surface area contributed by atoms with Gasteiger partial charge in [-0.05, 0) is 30.3 Å². The molecule has 110 valence electrons. The Hall–Kier alpha value is -2.84. The zero-order chi connectivity index (χ0) is 16.1. The summed E-state index contributed by atoms with van der Waals surface area (Å²) in [6.45, 7) is -0.347. The van der Waals surface area contributed by atoms with Crippen LogP contribution in [-0.4, -0.2) is 18.3 Å². The SMILES string of the molecule is N#Cc1cccc(C(=O)c2cc(Cl)ccc2OCC(N)=O)c1. The fraction of sp³-hybridized carbons (Fsp3) is 0.0625. The number of hydrogen-bond donors (Lipinski definition) is 1. The molecule has 0 spiro atoms. The highest BCUT2D eigenvalue weighted by Crippen LogP contribution is 2.26. The number of carbonyl (C=O) groups excluding carboxylic acids is 2. The maximum absolute atomic E-state index is 12.6. The number of nitrogens with two attached hydrogens (primary N) is 1. The van der Waals surface area contributed by atoms with E-state index in [0.717, 1.165) is 0 Å². The van der Waals surface area contributed by atoms with E-state index < -0.39 is 5.91 Å². The molecule has 5 nitrogen and oxygen atoms in total. The van der Waals surface area contributed by atoms with Gasteiger partial charge in [0.1, 0.15) is 5.75 Å². The highest BCUT2D eigenvalue weighted by Gasteiger charge is 2.16. The van der Waals surface area contributed by atoms with Gasteiger partial charge in [0, 0.05) is 10.6 Å². The molecular weight excluding hydrogens is 304 g/mol. The molecule has 0 bridgehead atoms. The van der Waals surface area contributed by atoms with E-state index in [9.17, 15) is 9.59 Å². The number of hydrogen-bond acceptors (Lipinski definition) is 4. The summed E-state index contributed by atoms with van der Waals surface area (Å²) < 4.78 is 5.23. The number of ether oxygens (including phenoxy) is 1. The first-order valence-electron chi connectivity index (χ1n) is 6.27. The van der Waals surface area contributed by atoms with Gasteiger partial charge in [0.05, 0.1) is 17.2 Å². The Balaban J connectivity index is 2.41. The van der Waals surface area contributed by atoms with Crippen molar-refractivity contribution >= 4 is 23.3 Å². The molecule has 2 N–H and O–H groups in total. The average Bonchev–Trinajstić information content (AvgIpc) is 2.52. The predicted octanol–water partition coefficient (Wildman–Crippen LogP) is 2.31. The monoisotopic (exact) mass is 314 g/mol. The Morgan fingerprint density at radius 2 is 2.00 bits per heavy atom. The highest BCUT2D eigenvalue weighted by molar-refractivity contribution is 6.31. The second-order valence-corrected chi connectivity index (χ2v) is 4.85. The van der Waals surface area contributed by atoms with Crippen molar-refractivity contribution in [3.8, 4) is 11.8 Å². The zero-order valence-electron chi connectivity index (χ0n) is 11.4. The Kier molecular flexibility index (Phi) is 4.77. The van der Waals surface area contributed by atoms with Crippen molar-refractivity contribution in [2.45, 2.75) is 0 Å². The largest absolute Gasteiger partial charge is 0.483 e. The van der Waals surface area contributed by atoms with Crippen molar-refractivity contribution < 1.29 is 14.3 Å². The van der Waals surface area contributed by atoms with Gasteiger partial charge in [0.15, 0.2) is 12.4 Å². The molecule has 0 saturated carbocycles. The molecule has 2 aromatic carbocycles. The molecule has 0 aliphatic rings. The quantitative estimate of drug-likeness (QED) is 0.857. The minimum Gasteiger partial charge on any atom is -0.483 e. The summed E-state index contributed by atoms with van der Waals surface area (Å²) in [5.41, 5.74) is 5.92. The number of amides is 1. The first kappa shape index (κ1) is 15.5. The van der Waals surface area contributed by atoms with E-state index in [4.69, 9.17) is 27.3 Å². The van der Waals surface area contributed by atoms with E-state index in [1.807, 2.05) is 6.07 Å². The number of nitriles is 1. The zero-order valence-corrected chi connectivity index (χ0v) is 12.1. The van der Waals surface area contributed by atoms with Gasteiger partial charge in [0.2, 0.25) is 0 Å². The molecule has 0 radical (unpaired) electrons. The first-order chi connectivity index (χ1) is 10.5. The lowest BCUT2D eigenvalue weighted by Gasteiger charge is -2.10. The van der Waals surface area contributed by atoms with Crippen LogP contribution in [0.4, 0.5) is 0 Å². The van der Waals surface area contributed by atoms with Crippen LogP contribution in [0, 0.1) is 11.3 Å². The second kappa shape index (κ2) is 6.74. The maximum Gasteiger partial charge on any atom is 0.255 e. The molecule has 0 aromatic heterocycles. The number of nitrogens with zero attached hydrogens (tertiary/aromatic N) is 1. The van der Waals surface area contributed by atoms with Gasteiger partial charge in [-0.2, -0.15) is 5.26 Å². The molecular formula is C16H11ClN2O3. The number of benzene rings is 2. The van der Waals surface area contributed by atoms with E-state index in [0.29, 0.717) is 16.1 Å². The minimum absolute atomic E-state index is 0.198. The van der Waals surface area contributed by atoms with Gasteiger partial charge in [0.25, 0.3) is 5.91 Å². The van der Waals surface area contributed by atoms with Crippen LogP contribution in [0.1, 0.15) is 21.5 Å². The number of rotatable bonds is 5. The van der Waals surface area contributed by atoms with Crippen LogP contribution >= 0.6 is 11.6 Å². The van der Waals surface area contributed by atoms with Crippen LogP contribution in [0.25, 0.3) is 0 Å². The smallest absolute Gasteiger partial charge is 0.255 e. The Bertz CT molecular complexity index is 781. The molecule has 0 unspecified atom stereocenters. The van der Waals surface area contributed by atoms with Gasteiger partial charge in [-0.3, -0.25) is 9.59 Å². The summed E-state index contributed by atoms with van der Waals surface area (Å²) in [6, 6.07) is 12.7. The van der Waals surface area contributed by atoms with E-state index in [2.05, 4.69) is 0 Å². The standard InChI is InChI=1S/C16H11ClN2O3/c17-12-4-5-14(22-9-15(19)20)13(7-12)16(21)11-3-1-2-10(6-11)8-18/h1-7H,9H2,(H2,19,20). The molecule has 2 rings (SSSR count). The third-order valence-corrected chi connectivity index (χ3v) is 3.05. The summed E-state index contributed by atoms with van der Waals surface area (Å²) >= 11 is 5.92. The van der Waals surface area contributed by atoms with E-state index in [-0.39, 0.29) is 23.7 Å². The summed E-state index contributed by atoms with van der Waals surface area (Å²) in [5.74, 6) is -0.811. The summed E-state index contributed by atoms with van der Waals surface area (Å²) in [4.78, 5) is 23.4. The Labute approximate surface area is 131 Å². The molecule has 0 heterocycles. The lowest BCUT2D eigenvalue weighted by atomic mass is 10.0. The highest BCUT2D eigenvalue weighted by atomic mass is 35.5. The fourth-order valence-corrected chi connectivity index (χ4v) is 2.01. The van der Waals surface area contributed by atoms with Crippen molar-refractivity contribution in [1.82, 2.24) is 0 Å².